The fourth-order valence-electron chi connectivity index (χ4n) is 4.39. The van der Waals surface area contributed by atoms with Gasteiger partial charge in [0.1, 0.15) is 29.4 Å². The van der Waals surface area contributed by atoms with Crippen LogP contribution in [0.4, 0.5) is 13.6 Å². The van der Waals surface area contributed by atoms with Gasteiger partial charge in [0.2, 0.25) is 0 Å². The summed E-state index contributed by atoms with van der Waals surface area (Å²) in [4.78, 5) is 25.3. The molecule has 1 aliphatic heterocycles. The van der Waals surface area contributed by atoms with Crippen molar-refractivity contribution in [1.82, 2.24) is 5.32 Å². The Morgan fingerprint density at radius 2 is 1.83 bits per heavy atom. The summed E-state index contributed by atoms with van der Waals surface area (Å²) in [7, 11) is 0. The third kappa shape index (κ3) is 8.29. The summed E-state index contributed by atoms with van der Waals surface area (Å²) in [6.07, 6.45) is -0.145. The minimum absolute atomic E-state index is 0.211. The highest BCUT2D eigenvalue weighted by Crippen LogP contribution is 2.29. The van der Waals surface area contributed by atoms with Crippen LogP contribution in [0.2, 0.25) is 0 Å². The molecule has 1 amide bonds. The van der Waals surface area contributed by atoms with E-state index in [4.69, 9.17) is 14.2 Å². The molecule has 2 aromatic carbocycles. The molecule has 1 saturated heterocycles. The molecule has 0 spiro atoms. The van der Waals surface area contributed by atoms with E-state index >= 15 is 0 Å². The molecule has 6 nitrogen and oxygen atoms in total. The van der Waals surface area contributed by atoms with Crippen LogP contribution in [-0.2, 0) is 32.0 Å². The average Bonchev–Trinajstić information content (AvgIpc) is 2.83. The molecule has 196 valence electrons. The Kier molecular flexibility index (Phi) is 9.43. The van der Waals surface area contributed by atoms with Crippen LogP contribution in [0.5, 0.6) is 0 Å². The lowest BCUT2D eigenvalue weighted by atomic mass is 9.86. The number of cyclic esters (lactones) is 1. The normalized spacial score (nSPS) is 23.1. The minimum Gasteiger partial charge on any atom is -0.458 e. The van der Waals surface area contributed by atoms with Crippen molar-refractivity contribution in [3.8, 4) is 0 Å². The van der Waals surface area contributed by atoms with Gasteiger partial charge >= 0.3 is 12.1 Å². The van der Waals surface area contributed by atoms with Crippen LogP contribution < -0.4 is 5.32 Å². The van der Waals surface area contributed by atoms with Crippen LogP contribution in [0.1, 0.15) is 58.1 Å². The second-order valence-corrected chi connectivity index (χ2v) is 10.2. The van der Waals surface area contributed by atoms with E-state index in [1.54, 1.807) is 27.7 Å². The predicted octanol–water partition coefficient (Wildman–Crippen LogP) is 5.72. The van der Waals surface area contributed by atoms with Gasteiger partial charge in [-0.2, -0.15) is 0 Å². The predicted molar refractivity (Wildman–Crippen MR) is 131 cm³/mol. The Bertz CT molecular complexity index is 1020. The topological polar surface area (TPSA) is 73.9 Å². The third-order valence-corrected chi connectivity index (χ3v) is 6.06. The number of carbonyl (C=O) groups is 2. The maximum Gasteiger partial charge on any atom is 0.408 e. The standard InChI is InChI=1S/C28H35F2NO5/c1-18-25(34-17-19-9-6-5-7-10-19)21(15-20-13-14-22(29)16-23(20)30)11-8-12-24(26(32)35-18)31-27(33)36-28(2,3)4/h5-7,9-10,13-14,16,18,21,24-25H,8,11-12,15,17H2,1-4H3,(H,31,33)/t18-,21+,24-,25-/m0/s1. The van der Waals surface area contributed by atoms with Crippen LogP contribution in [0, 0.1) is 17.6 Å². The molecule has 2 aromatic rings. The zero-order valence-corrected chi connectivity index (χ0v) is 21.3. The summed E-state index contributed by atoms with van der Waals surface area (Å²) in [6, 6.07) is 12.3. The first-order chi connectivity index (χ1) is 17.0. The quantitative estimate of drug-likeness (QED) is 0.511. The van der Waals surface area contributed by atoms with Gasteiger partial charge in [-0.25, -0.2) is 18.4 Å². The first-order valence-corrected chi connectivity index (χ1v) is 12.3. The molecule has 0 aliphatic carbocycles. The fraction of sp³-hybridized carbons (Fsp3) is 0.500. The number of amides is 1. The van der Waals surface area contributed by atoms with Gasteiger partial charge < -0.3 is 19.5 Å². The molecule has 0 bridgehead atoms. The summed E-state index contributed by atoms with van der Waals surface area (Å²) in [5, 5.41) is 2.62. The monoisotopic (exact) mass is 503 g/mol. The van der Waals surface area contributed by atoms with Crippen molar-refractivity contribution in [2.24, 2.45) is 5.92 Å². The lowest BCUT2D eigenvalue weighted by Gasteiger charge is -2.31. The van der Waals surface area contributed by atoms with Gasteiger partial charge in [0, 0.05) is 6.07 Å². The molecule has 8 heteroatoms. The highest BCUT2D eigenvalue weighted by molar-refractivity contribution is 5.81. The number of halogens is 2. The van der Waals surface area contributed by atoms with Crippen LogP contribution in [-0.4, -0.2) is 35.9 Å². The first kappa shape index (κ1) is 27.6. The molecular formula is C28H35F2NO5. The van der Waals surface area contributed by atoms with Gasteiger partial charge in [0.05, 0.1) is 12.7 Å². The second-order valence-electron chi connectivity index (χ2n) is 10.2. The van der Waals surface area contributed by atoms with Gasteiger partial charge in [-0.3, -0.25) is 0 Å². The van der Waals surface area contributed by atoms with Gasteiger partial charge in [0.25, 0.3) is 0 Å². The third-order valence-electron chi connectivity index (χ3n) is 6.06. The molecule has 0 radical (unpaired) electrons. The number of ether oxygens (including phenoxy) is 3. The van der Waals surface area contributed by atoms with Crippen LogP contribution in [0.3, 0.4) is 0 Å². The molecular weight excluding hydrogens is 468 g/mol. The molecule has 1 fully saturated rings. The van der Waals surface area contributed by atoms with Gasteiger partial charge in [-0.1, -0.05) is 42.8 Å². The van der Waals surface area contributed by atoms with Gasteiger partial charge in [0.15, 0.2) is 0 Å². The molecule has 0 unspecified atom stereocenters. The second kappa shape index (κ2) is 12.3. The van der Waals surface area contributed by atoms with E-state index in [1.165, 1.54) is 12.1 Å². The number of hydrogen-bond donors (Lipinski definition) is 1. The maximum atomic E-state index is 14.5. The lowest BCUT2D eigenvalue weighted by molar-refractivity contribution is -0.161. The SMILES string of the molecule is C[C@@H]1OC(=O)[C@@H](NC(=O)OC(C)(C)C)CCC[C@H](Cc2ccc(F)cc2F)[C@H]1OCc1ccccc1. The molecule has 0 saturated carbocycles. The molecule has 0 aromatic heterocycles. The Labute approximate surface area is 211 Å². The summed E-state index contributed by atoms with van der Waals surface area (Å²) in [6.45, 7) is 7.24. The van der Waals surface area contributed by atoms with E-state index in [1.807, 2.05) is 30.3 Å². The highest BCUT2D eigenvalue weighted by Gasteiger charge is 2.36. The average molecular weight is 504 g/mol. The molecule has 1 N–H and O–H groups in total. The number of benzene rings is 2. The minimum atomic E-state index is -0.876. The summed E-state index contributed by atoms with van der Waals surface area (Å²) in [5.74, 6) is -2.04. The number of rotatable bonds is 6. The lowest BCUT2D eigenvalue weighted by Crippen LogP contribution is -2.46. The number of esters is 1. The molecule has 1 heterocycles. The van der Waals surface area contributed by atoms with E-state index in [0.29, 0.717) is 24.8 Å². The van der Waals surface area contributed by atoms with Crippen molar-refractivity contribution in [2.45, 2.75) is 83.8 Å². The summed E-state index contributed by atoms with van der Waals surface area (Å²) >= 11 is 0. The van der Waals surface area contributed by atoms with Crippen molar-refractivity contribution < 1.29 is 32.6 Å². The van der Waals surface area contributed by atoms with E-state index < -0.39 is 47.5 Å². The van der Waals surface area contributed by atoms with Crippen molar-refractivity contribution in [3.05, 3.63) is 71.3 Å². The summed E-state index contributed by atoms with van der Waals surface area (Å²) in [5.41, 5.74) is 0.614. The van der Waals surface area contributed by atoms with Crippen molar-refractivity contribution >= 4 is 12.1 Å². The van der Waals surface area contributed by atoms with Crippen molar-refractivity contribution in [2.75, 3.05) is 0 Å². The van der Waals surface area contributed by atoms with Gasteiger partial charge in [-0.15, -0.1) is 0 Å². The number of nitrogens with one attached hydrogen (secondary N) is 1. The van der Waals surface area contributed by atoms with Crippen molar-refractivity contribution in [3.63, 3.8) is 0 Å². The summed E-state index contributed by atoms with van der Waals surface area (Å²) < 4.78 is 45.3. The smallest absolute Gasteiger partial charge is 0.408 e. The molecule has 36 heavy (non-hydrogen) atoms. The number of carbonyl (C=O) groups excluding carboxylic acids is 2. The fourth-order valence-corrected chi connectivity index (χ4v) is 4.39. The Morgan fingerprint density at radius 1 is 1.11 bits per heavy atom. The van der Waals surface area contributed by atoms with E-state index in [-0.39, 0.29) is 18.9 Å². The van der Waals surface area contributed by atoms with E-state index in [2.05, 4.69) is 5.32 Å². The largest absolute Gasteiger partial charge is 0.458 e. The number of alkyl carbamates (subject to hydrolysis) is 1. The zero-order chi connectivity index (χ0) is 26.3. The van der Waals surface area contributed by atoms with E-state index in [0.717, 1.165) is 11.6 Å². The molecule has 1 aliphatic rings. The Balaban J connectivity index is 1.80. The van der Waals surface area contributed by atoms with E-state index in [9.17, 15) is 18.4 Å². The maximum absolute atomic E-state index is 14.5. The van der Waals surface area contributed by atoms with Crippen LogP contribution in [0.15, 0.2) is 48.5 Å². The van der Waals surface area contributed by atoms with Crippen LogP contribution in [0.25, 0.3) is 0 Å². The molecule has 4 atom stereocenters. The molecule has 3 rings (SSSR count). The van der Waals surface area contributed by atoms with Crippen molar-refractivity contribution in [1.29, 1.82) is 0 Å². The number of hydrogen-bond acceptors (Lipinski definition) is 5. The van der Waals surface area contributed by atoms with Crippen LogP contribution >= 0.6 is 0 Å². The zero-order valence-electron chi connectivity index (χ0n) is 21.3. The Morgan fingerprint density at radius 3 is 2.50 bits per heavy atom. The Hall–Kier alpha value is -3.00. The first-order valence-electron chi connectivity index (χ1n) is 12.3. The highest BCUT2D eigenvalue weighted by atomic mass is 19.1. The van der Waals surface area contributed by atoms with Gasteiger partial charge in [-0.05, 0) is 70.1 Å².